The van der Waals surface area contributed by atoms with Crippen LogP contribution in [0.15, 0.2) is 34.6 Å². The van der Waals surface area contributed by atoms with Crippen LogP contribution in [0.4, 0.5) is 0 Å². The van der Waals surface area contributed by atoms with Gasteiger partial charge < -0.3 is 14.8 Å². The van der Waals surface area contributed by atoms with Gasteiger partial charge in [-0.05, 0) is 43.6 Å². The van der Waals surface area contributed by atoms with Gasteiger partial charge in [-0.2, -0.15) is 0 Å². The predicted octanol–water partition coefficient (Wildman–Crippen LogP) is 2.74. The summed E-state index contributed by atoms with van der Waals surface area (Å²) in [4.78, 5) is 23.8. The van der Waals surface area contributed by atoms with Crippen LogP contribution in [-0.2, 0) is 19.1 Å². The van der Waals surface area contributed by atoms with Crippen molar-refractivity contribution in [3.8, 4) is 0 Å². The first-order valence-corrected chi connectivity index (χ1v) is 8.65. The molecule has 4 rings (SSSR count). The lowest BCUT2D eigenvalue weighted by Gasteiger charge is -2.35. The maximum Gasteiger partial charge on any atom is 0.336 e. The van der Waals surface area contributed by atoms with Crippen molar-refractivity contribution < 1.29 is 19.1 Å². The van der Waals surface area contributed by atoms with E-state index in [9.17, 15) is 9.59 Å². The van der Waals surface area contributed by atoms with Gasteiger partial charge in [0, 0.05) is 17.6 Å². The number of carbonyl (C=O) groups excluding carboxylic acids is 2. The van der Waals surface area contributed by atoms with Gasteiger partial charge in [0.1, 0.15) is 0 Å². The Balaban J connectivity index is 1.55. The smallest absolute Gasteiger partial charge is 0.336 e. The second kappa shape index (κ2) is 5.23. The molecule has 0 unspecified atom stereocenters. The van der Waals surface area contributed by atoms with Crippen molar-refractivity contribution in [3.63, 3.8) is 0 Å². The van der Waals surface area contributed by atoms with Gasteiger partial charge in [0.15, 0.2) is 0 Å². The molecule has 2 aliphatic carbocycles. The molecule has 1 saturated heterocycles. The SMILES string of the molecule is CC1=C[C@H](O/C=C2/C(=O)N[C@@H]3C4=C(CCCC4(C)C)C[C@H]23)OC1=O. The van der Waals surface area contributed by atoms with E-state index >= 15 is 0 Å². The Kier molecular flexibility index (Phi) is 3.37. The first kappa shape index (κ1) is 15.5. The molecule has 1 fully saturated rings. The molecule has 24 heavy (non-hydrogen) atoms. The van der Waals surface area contributed by atoms with Crippen LogP contribution in [0.5, 0.6) is 0 Å². The Labute approximate surface area is 141 Å². The average molecular weight is 329 g/mol. The van der Waals surface area contributed by atoms with E-state index in [4.69, 9.17) is 9.47 Å². The normalized spacial score (nSPS) is 35.5. The maximum atomic E-state index is 12.4. The third-order valence-corrected chi connectivity index (χ3v) is 5.78. The molecule has 0 spiro atoms. The minimum Gasteiger partial charge on any atom is -0.458 e. The molecule has 0 bridgehead atoms. The molecule has 1 amide bonds. The lowest BCUT2D eigenvalue weighted by Crippen LogP contribution is -2.35. The second-order valence-corrected chi connectivity index (χ2v) is 7.85. The van der Waals surface area contributed by atoms with Crippen LogP contribution in [0.1, 0.15) is 46.5 Å². The summed E-state index contributed by atoms with van der Waals surface area (Å²) in [5, 5.41) is 3.15. The molecule has 0 aromatic rings. The first-order chi connectivity index (χ1) is 11.4. The fourth-order valence-corrected chi connectivity index (χ4v) is 4.64. The second-order valence-electron chi connectivity index (χ2n) is 7.85. The summed E-state index contributed by atoms with van der Waals surface area (Å²) >= 11 is 0. The van der Waals surface area contributed by atoms with E-state index in [1.807, 2.05) is 0 Å². The number of hydrogen-bond acceptors (Lipinski definition) is 4. The van der Waals surface area contributed by atoms with Crippen molar-refractivity contribution in [3.05, 3.63) is 34.6 Å². The topological polar surface area (TPSA) is 64.6 Å². The number of ether oxygens (including phenoxy) is 2. The summed E-state index contributed by atoms with van der Waals surface area (Å²) in [5.41, 5.74) is 4.29. The average Bonchev–Trinajstić information content (AvgIpc) is 3.10. The molecule has 5 nitrogen and oxygen atoms in total. The zero-order valence-electron chi connectivity index (χ0n) is 14.3. The van der Waals surface area contributed by atoms with Gasteiger partial charge in [-0.3, -0.25) is 4.79 Å². The van der Waals surface area contributed by atoms with Crippen LogP contribution >= 0.6 is 0 Å². The number of hydrogen-bond donors (Lipinski definition) is 1. The number of rotatable bonds is 2. The third-order valence-electron chi connectivity index (χ3n) is 5.78. The largest absolute Gasteiger partial charge is 0.458 e. The van der Waals surface area contributed by atoms with E-state index in [0.717, 1.165) is 12.8 Å². The van der Waals surface area contributed by atoms with Gasteiger partial charge in [-0.25, -0.2) is 4.79 Å². The van der Waals surface area contributed by atoms with Gasteiger partial charge in [0.05, 0.1) is 17.9 Å². The van der Waals surface area contributed by atoms with E-state index in [1.165, 1.54) is 30.2 Å². The molecule has 0 aromatic heterocycles. The Morgan fingerprint density at radius 1 is 1.38 bits per heavy atom. The highest BCUT2D eigenvalue weighted by molar-refractivity contribution is 5.97. The molecule has 3 atom stereocenters. The van der Waals surface area contributed by atoms with E-state index in [0.29, 0.717) is 11.1 Å². The van der Waals surface area contributed by atoms with Crippen LogP contribution in [0.2, 0.25) is 0 Å². The molecule has 128 valence electrons. The number of esters is 1. The number of nitrogens with one attached hydrogen (secondary N) is 1. The van der Waals surface area contributed by atoms with E-state index < -0.39 is 6.29 Å². The monoisotopic (exact) mass is 329 g/mol. The molecule has 2 heterocycles. The summed E-state index contributed by atoms with van der Waals surface area (Å²) in [6.07, 6.45) is 6.86. The number of cyclic esters (lactones) is 1. The molecule has 0 aromatic carbocycles. The Hall–Kier alpha value is -2.04. The quantitative estimate of drug-likeness (QED) is 0.366. The number of amides is 1. The minimum atomic E-state index is -0.725. The highest BCUT2D eigenvalue weighted by Crippen LogP contribution is 2.53. The Bertz CT molecular complexity index is 713. The molecule has 1 N–H and O–H groups in total. The molecular formula is C19H23NO4. The summed E-state index contributed by atoms with van der Waals surface area (Å²) in [6.45, 7) is 6.24. The van der Waals surface area contributed by atoms with Crippen molar-refractivity contribution in [2.75, 3.05) is 0 Å². The highest BCUT2D eigenvalue weighted by Gasteiger charge is 2.50. The standard InChI is InChI=1S/C19H23NO4/c1-10-7-14(24-18(10)22)23-9-13-12-8-11-5-4-6-19(2,3)15(11)16(12)20-17(13)21/h7,9,12,14,16H,4-6,8H2,1-3H3,(H,20,21)/b13-9+/t12-,14-,16+/m1/s1. The van der Waals surface area contributed by atoms with Crippen molar-refractivity contribution in [2.24, 2.45) is 11.3 Å². The van der Waals surface area contributed by atoms with Crippen LogP contribution in [0, 0.1) is 11.3 Å². The van der Waals surface area contributed by atoms with E-state index in [2.05, 4.69) is 19.2 Å². The fourth-order valence-electron chi connectivity index (χ4n) is 4.64. The van der Waals surface area contributed by atoms with Gasteiger partial charge in [-0.1, -0.05) is 19.4 Å². The van der Waals surface area contributed by atoms with Crippen LogP contribution in [0.25, 0.3) is 0 Å². The van der Waals surface area contributed by atoms with Crippen molar-refractivity contribution >= 4 is 11.9 Å². The molecule has 0 radical (unpaired) electrons. The summed E-state index contributed by atoms with van der Waals surface area (Å²) in [5.74, 6) is -0.295. The molecule has 4 aliphatic rings. The van der Waals surface area contributed by atoms with Crippen molar-refractivity contribution in [1.82, 2.24) is 5.32 Å². The van der Waals surface area contributed by atoms with E-state index in [-0.39, 0.29) is 29.3 Å². The highest BCUT2D eigenvalue weighted by atomic mass is 16.7. The van der Waals surface area contributed by atoms with Crippen molar-refractivity contribution in [2.45, 2.75) is 58.8 Å². The lowest BCUT2D eigenvalue weighted by molar-refractivity contribution is -0.152. The minimum absolute atomic E-state index is 0.0667. The summed E-state index contributed by atoms with van der Waals surface area (Å²) < 4.78 is 10.6. The number of allylic oxidation sites excluding steroid dienone is 1. The Morgan fingerprint density at radius 3 is 2.88 bits per heavy atom. The van der Waals surface area contributed by atoms with Gasteiger partial charge in [-0.15, -0.1) is 0 Å². The van der Waals surface area contributed by atoms with Crippen LogP contribution in [0.3, 0.4) is 0 Å². The van der Waals surface area contributed by atoms with E-state index in [1.54, 1.807) is 13.0 Å². The lowest BCUT2D eigenvalue weighted by atomic mass is 9.72. The van der Waals surface area contributed by atoms with Gasteiger partial charge in [0.2, 0.25) is 0 Å². The van der Waals surface area contributed by atoms with Gasteiger partial charge >= 0.3 is 5.97 Å². The zero-order chi connectivity index (χ0) is 17.1. The van der Waals surface area contributed by atoms with Crippen LogP contribution in [-0.4, -0.2) is 24.2 Å². The number of carbonyl (C=O) groups is 2. The Morgan fingerprint density at radius 2 is 2.17 bits per heavy atom. The number of fused-ring (bicyclic) bond motifs is 2. The molecule has 2 aliphatic heterocycles. The molecule has 5 heteroatoms. The third kappa shape index (κ3) is 2.29. The first-order valence-electron chi connectivity index (χ1n) is 8.65. The summed E-state index contributed by atoms with van der Waals surface area (Å²) in [7, 11) is 0. The summed E-state index contributed by atoms with van der Waals surface area (Å²) in [6, 6.07) is 0.0982. The van der Waals surface area contributed by atoms with Crippen molar-refractivity contribution in [1.29, 1.82) is 0 Å². The zero-order valence-corrected chi connectivity index (χ0v) is 14.3. The fraction of sp³-hybridized carbons (Fsp3) is 0.579. The van der Waals surface area contributed by atoms with Gasteiger partial charge in [0.25, 0.3) is 12.2 Å². The predicted molar refractivity (Wildman–Crippen MR) is 87.5 cm³/mol. The maximum absolute atomic E-state index is 12.4. The van der Waals surface area contributed by atoms with Crippen LogP contribution < -0.4 is 5.32 Å². The molecule has 0 saturated carbocycles. The molecular weight excluding hydrogens is 306 g/mol.